The molecule has 1 amide bonds. The van der Waals surface area contributed by atoms with E-state index in [1.165, 1.54) is 11.3 Å². The Balaban J connectivity index is 1.27. The number of benzene rings is 2. The lowest BCUT2D eigenvalue weighted by Gasteiger charge is -2.36. The van der Waals surface area contributed by atoms with Crippen LogP contribution in [-0.4, -0.2) is 50.3 Å². The molecule has 1 saturated heterocycles. The summed E-state index contributed by atoms with van der Waals surface area (Å²) in [7, 11) is 0. The van der Waals surface area contributed by atoms with Gasteiger partial charge in [-0.05, 0) is 43.2 Å². The summed E-state index contributed by atoms with van der Waals surface area (Å²) in [5.74, 6) is 1.55. The van der Waals surface area contributed by atoms with E-state index in [1.54, 1.807) is 0 Å². The number of carbonyl (C=O) groups is 1. The minimum Gasteiger partial charge on any atom is -0.454 e. The SMILES string of the molecule is Cc1ccccc1N1CCN(CC(=O)N[C@@H](C)c2ccc3c(c2)OCO3)CC1. The van der Waals surface area contributed by atoms with Crippen LogP contribution >= 0.6 is 0 Å². The quantitative estimate of drug-likeness (QED) is 0.863. The van der Waals surface area contributed by atoms with Gasteiger partial charge in [0.25, 0.3) is 0 Å². The van der Waals surface area contributed by atoms with Gasteiger partial charge in [-0.1, -0.05) is 24.3 Å². The number of anilines is 1. The highest BCUT2D eigenvalue weighted by atomic mass is 16.7. The van der Waals surface area contributed by atoms with E-state index in [0.717, 1.165) is 43.2 Å². The lowest BCUT2D eigenvalue weighted by atomic mass is 10.1. The Morgan fingerprint density at radius 1 is 1.07 bits per heavy atom. The summed E-state index contributed by atoms with van der Waals surface area (Å²) in [5, 5.41) is 3.10. The van der Waals surface area contributed by atoms with Crippen molar-refractivity contribution in [3.63, 3.8) is 0 Å². The molecule has 4 rings (SSSR count). The van der Waals surface area contributed by atoms with Crippen LogP contribution < -0.4 is 19.7 Å². The maximum absolute atomic E-state index is 12.5. The lowest BCUT2D eigenvalue weighted by Crippen LogP contribution is -2.49. The molecule has 1 N–H and O–H groups in total. The Morgan fingerprint density at radius 3 is 2.61 bits per heavy atom. The van der Waals surface area contributed by atoms with Crippen LogP contribution in [0.5, 0.6) is 11.5 Å². The third kappa shape index (κ3) is 4.07. The summed E-state index contributed by atoms with van der Waals surface area (Å²) in [6.07, 6.45) is 0. The summed E-state index contributed by atoms with van der Waals surface area (Å²) in [4.78, 5) is 17.1. The van der Waals surface area contributed by atoms with Gasteiger partial charge in [0.05, 0.1) is 12.6 Å². The van der Waals surface area contributed by atoms with Crippen LogP contribution in [0.1, 0.15) is 24.1 Å². The van der Waals surface area contributed by atoms with Gasteiger partial charge in [-0.2, -0.15) is 0 Å². The minimum atomic E-state index is -0.0738. The highest BCUT2D eigenvalue weighted by Crippen LogP contribution is 2.34. The van der Waals surface area contributed by atoms with E-state index in [0.29, 0.717) is 6.54 Å². The van der Waals surface area contributed by atoms with Crippen molar-refractivity contribution in [3.8, 4) is 11.5 Å². The maximum atomic E-state index is 12.5. The van der Waals surface area contributed by atoms with E-state index in [1.807, 2.05) is 25.1 Å². The van der Waals surface area contributed by atoms with Crippen molar-refractivity contribution in [2.45, 2.75) is 19.9 Å². The van der Waals surface area contributed by atoms with Gasteiger partial charge in [-0.3, -0.25) is 9.69 Å². The van der Waals surface area contributed by atoms with Crippen molar-refractivity contribution in [1.82, 2.24) is 10.2 Å². The molecule has 1 atom stereocenters. The Morgan fingerprint density at radius 2 is 1.82 bits per heavy atom. The first kappa shape index (κ1) is 18.6. The summed E-state index contributed by atoms with van der Waals surface area (Å²) < 4.78 is 10.8. The van der Waals surface area contributed by atoms with E-state index in [9.17, 15) is 4.79 Å². The number of nitrogens with one attached hydrogen (secondary N) is 1. The fraction of sp³-hybridized carbons (Fsp3) is 0.409. The molecule has 0 unspecified atom stereocenters. The maximum Gasteiger partial charge on any atom is 0.234 e. The fourth-order valence-corrected chi connectivity index (χ4v) is 3.82. The molecule has 0 saturated carbocycles. The van der Waals surface area contributed by atoms with E-state index < -0.39 is 0 Å². The Kier molecular flexibility index (Phi) is 5.39. The molecule has 2 aliphatic rings. The van der Waals surface area contributed by atoms with Crippen LogP contribution in [0.4, 0.5) is 5.69 Å². The molecular weight excluding hydrogens is 354 g/mol. The van der Waals surface area contributed by atoms with Gasteiger partial charge in [0.2, 0.25) is 12.7 Å². The average molecular weight is 381 g/mol. The molecule has 0 bridgehead atoms. The highest BCUT2D eigenvalue weighted by molar-refractivity contribution is 5.78. The third-order valence-electron chi connectivity index (χ3n) is 5.47. The van der Waals surface area contributed by atoms with E-state index in [2.05, 4.69) is 46.3 Å². The molecule has 0 aliphatic carbocycles. The van der Waals surface area contributed by atoms with Gasteiger partial charge in [0.1, 0.15) is 0 Å². The van der Waals surface area contributed by atoms with E-state index >= 15 is 0 Å². The van der Waals surface area contributed by atoms with Crippen LogP contribution in [0.25, 0.3) is 0 Å². The van der Waals surface area contributed by atoms with Gasteiger partial charge in [-0.25, -0.2) is 0 Å². The summed E-state index contributed by atoms with van der Waals surface area (Å²) in [5.41, 5.74) is 3.61. The van der Waals surface area contributed by atoms with Gasteiger partial charge >= 0.3 is 0 Å². The first-order valence-corrected chi connectivity index (χ1v) is 9.82. The van der Waals surface area contributed by atoms with E-state index in [4.69, 9.17) is 9.47 Å². The van der Waals surface area contributed by atoms with Crippen molar-refractivity contribution in [3.05, 3.63) is 53.6 Å². The zero-order valence-corrected chi connectivity index (χ0v) is 16.5. The number of rotatable bonds is 5. The number of piperazine rings is 1. The summed E-state index contributed by atoms with van der Waals surface area (Å²) in [6.45, 7) is 8.48. The Bertz CT molecular complexity index is 847. The van der Waals surface area contributed by atoms with Crippen molar-refractivity contribution < 1.29 is 14.3 Å². The molecule has 2 aromatic carbocycles. The monoisotopic (exact) mass is 381 g/mol. The normalized spacial score (nSPS) is 17.4. The van der Waals surface area contributed by atoms with Crippen LogP contribution in [0.15, 0.2) is 42.5 Å². The van der Waals surface area contributed by atoms with E-state index in [-0.39, 0.29) is 18.7 Å². The van der Waals surface area contributed by atoms with Gasteiger partial charge in [0.15, 0.2) is 11.5 Å². The number of ether oxygens (including phenoxy) is 2. The third-order valence-corrected chi connectivity index (χ3v) is 5.47. The van der Waals surface area contributed by atoms with Crippen molar-refractivity contribution in [2.75, 3.05) is 44.4 Å². The van der Waals surface area contributed by atoms with Gasteiger partial charge in [-0.15, -0.1) is 0 Å². The minimum absolute atomic E-state index is 0.0505. The average Bonchev–Trinajstić information content (AvgIpc) is 3.17. The molecule has 2 aromatic rings. The molecule has 6 nitrogen and oxygen atoms in total. The molecule has 0 radical (unpaired) electrons. The predicted molar refractivity (Wildman–Crippen MR) is 109 cm³/mol. The first-order valence-electron chi connectivity index (χ1n) is 9.82. The smallest absolute Gasteiger partial charge is 0.234 e. The number of para-hydroxylation sites is 1. The molecule has 0 aromatic heterocycles. The van der Waals surface area contributed by atoms with Crippen molar-refractivity contribution >= 4 is 11.6 Å². The van der Waals surface area contributed by atoms with Crippen LogP contribution in [0.2, 0.25) is 0 Å². The molecule has 1 fully saturated rings. The number of hydrogen-bond acceptors (Lipinski definition) is 5. The number of aryl methyl sites for hydroxylation is 1. The Labute approximate surface area is 166 Å². The molecule has 148 valence electrons. The second kappa shape index (κ2) is 8.10. The molecule has 28 heavy (non-hydrogen) atoms. The molecular formula is C22H27N3O3. The number of amides is 1. The van der Waals surface area contributed by atoms with Crippen LogP contribution in [-0.2, 0) is 4.79 Å². The molecule has 6 heteroatoms. The van der Waals surface area contributed by atoms with Crippen LogP contribution in [0, 0.1) is 6.92 Å². The van der Waals surface area contributed by atoms with Gasteiger partial charge in [0, 0.05) is 31.9 Å². The lowest BCUT2D eigenvalue weighted by molar-refractivity contribution is -0.123. The van der Waals surface area contributed by atoms with Crippen molar-refractivity contribution in [2.24, 2.45) is 0 Å². The van der Waals surface area contributed by atoms with Gasteiger partial charge < -0.3 is 19.7 Å². The molecule has 0 spiro atoms. The second-order valence-corrected chi connectivity index (χ2v) is 7.45. The van der Waals surface area contributed by atoms with Crippen molar-refractivity contribution in [1.29, 1.82) is 0 Å². The summed E-state index contributed by atoms with van der Waals surface area (Å²) in [6, 6.07) is 14.2. The highest BCUT2D eigenvalue weighted by Gasteiger charge is 2.21. The topological polar surface area (TPSA) is 54.0 Å². The largest absolute Gasteiger partial charge is 0.454 e. The zero-order valence-electron chi connectivity index (χ0n) is 16.5. The first-order chi connectivity index (χ1) is 13.6. The number of fused-ring (bicyclic) bond motifs is 1. The summed E-state index contributed by atoms with van der Waals surface area (Å²) >= 11 is 0. The fourth-order valence-electron chi connectivity index (χ4n) is 3.82. The number of hydrogen-bond donors (Lipinski definition) is 1. The number of carbonyl (C=O) groups excluding carboxylic acids is 1. The number of nitrogens with zero attached hydrogens (tertiary/aromatic N) is 2. The molecule has 2 aliphatic heterocycles. The second-order valence-electron chi connectivity index (χ2n) is 7.45. The standard InChI is InChI=1S/C22H27N3O3/c1-16-5-3-4-6-19(16)25-11-9-24(10-12-25)14-22(26)23-17(2)18-7-8-20-21(13-18)28-15-27-20/h3-8,13,17H,9-12,14-15H2,1-2H3,(H,23,26)/t17-/m0/s1. The molecule has 2 heterocycles. The Hall–Kier alpha value is -2.73. The van der Waals surface area contributed by atoms with Crippen LogP contribution in [0.3, 0.4) is 0 Å². The predicted octanol–water partition coefficient (Wildman–Crippen LogP) is 2.72. The zero-order chi connectivity index (χ0) is 19.5.